The molecule has 65 heavy (non-hydrogen) atoms. The van der Waals surface area contributed by atoms with E-state index in [1.165, 1.54) is 25.1 Å². The van der Waals surface area contributed by atoms with Crippen LogP contribution < -0.4 is 34.6 Å². The fourth-order valence-corrected chi connectivity index (χ4v) is 7.83. The molecule has 3 aromatic carbocycles. The Balaban J connectivity index is 0.000000203. The molecule has 3 aromatic rings. The van der Waals surface area contributed by atoms with E-state index in [0.29, 0.717) is 41.2 Å². The number of hydroxylamine groups is 2. The number of methoxy groups -OCH3 is 1. The van der Waals surface area contributed by atoms with Crippen molar-refractivity contribution in [3.63, 3.8) is 0 Å². The van der Waals surface area contributed by atoms with Gasteiger partial charge in [0, 0.05) is 62.0 Å². The molecule has 5 N–H and O–H groups in total. The Hall–Kier alpha value is -6.33. The third-order valence-electron chi connectivity index (χ3n) is 10.6. The summed E-state index contributed by atoms with van der Waals surface area (Å²) in [5, 5.41) is 13.9. The molecule has 7 rings (SSSR count). The van der Waals surface area contributed by atoms with Crippen molar-refractivity contribution in [3.8, 4) is 35.3 Å². The predicted molar refractivity (Wildman–Crippen MR) is 234 cm³/mol. The molecule has 1 aliphatic carbocycles. The fourth-order valence-electron chi connectivity index (χ4n) is 7.43. The Labute approximate surface area is 374 Å². The number of benzene rings is 3. The Morgan fingerprint density at radius 2 is 1.58 bits per heavy atom. The topological polar surface area (TPSA) is 243 Å². The molecule has 0 aromatic heterocycles. The van der Waals surface area contributed by atoms with Crippen molar-refractivity contribution in [2.75, 3.05) is 62.4 Å². The summed E-state index contributed by atoms with van der Waals surface area (Å²) in [5.41, 5.74) is 2.68. The molecule has 4 aliphatic rings. The highest BCUT2D eigenvalue weighted by molar-refractivity contribution is 7.51. The summed E-state index contributed by atoms with van der Waals surface area (Å²) in [7, 11) is 0.517. The highest BCUT2D eigenvalue weighted by Crippen LogP contribution is 2.47. The van der Waals surface area contributed by atoms with Gasteiger partial charge in [-0.05, 0) is 67.5 Å². The standard InChI is InChI=1S/C22H28N2O5.C19H15FN2O4.C3H8NO5P/c1-21(2)14-22(3,26-5)29-19-13-17(11-12-18(19)21)28-16-9-7-15(8-10-16)23-20(25)24(4)27-6;1-2-7-21-15-9-14(13(20)8-16(15)26-10-17(21)23)22-18(24)11-5-3-4-6-12(11)19(22)25;5-3(6)1-4-2-10(7,8)9/h7-13H,14H2,1-6H3,(H,23,25);1,8-9H,3-7,10H2;4H,1-2H2,(H,5,6)(H2,7,8,9). The molecule has 0 saturated heterocycles. The number of anilines is 3. The number of nitrogens with zero attached hydrogens (tertiary/aromatic N) is 3. The van der Waals surface area contributed by atoms with Crippen LogP contribution in [0.4, 0.5) is 26.2 Å². The number of rotatable bonds is 11. The average Bonchev–Trinajstić information content (AvgIpc) is 3.49. The fraction of sp³-hybridized carbons (Fsp3) is 0.386. The van der Waals surface area contributed by atoms with Gasteiger partial charge in [0.05, 0.1) is 37.9 Å². The summed E-state index contributed by atoms with van der Waals surface area (Å²) in [6.45, 7) is 5.60. The van der Waals surface area contributed by atoms with Crippen molar-refractivity contribution in [1.29, 1.82) is 0 Å². The van der Waals surface area contributed by atoms with Gasteiger partial charge in [-0.15, -0.1) is 6.42 Å². The van der Waals surface area contributed by atoms with Crippen LogP contribution in [-0.2, 0) is 38.7 Å². The molecule has 19 nitrogen and oxygen atoms in total. The van der Waals surface area contributed by atoms with Crippen LogP contribution in [0.2, 0.25) is 0 Å². The normalized spacial score (nSPS) is 18.2. The zero-order chi connectivity index (χ0) is 47.9. The molecule has 0 radical (unpaired) electrons. The first kappa shape index (κ1) is 49.7. The van der Waals surface area contributed by atoms with Crippen LogP contribution >= 0.6 is 7.60 Å². The van der Waals surface area contributed by atoms with E-state index in [-0.39, 0.29) is 47.6 Å². The number of carbonyl (C=O) groups excluding carboxylic acids is 4. The second-order valence-electron chi connectivity index (χ2n) is 15.9. The van der Waals surface area contributed by atoms with Gasteiger partial charge in [0.25, 0.3) is 17.7 Å². The van der Waals surface area contributed by atoms with E-state index in [9.17, 15) is 32.9 Å². The van der Waals surface area contributed by atoms with E-state index in [0.717, 1.165) is 46.6 Å². The van der Waals surface area contributed by atoms with Crippen LogP contribution in [0.5, 0.6) is 23.0 Å². The van der Waals surface area contributed by atoms with Crippen LogP contribution in [0.1, 0.15) is 58.4 Å². The number of nitrogens with one attached hydrogen (secondary N) is 2. The number of carboxylic acids is 1. The second-order valence-corrected chi connectivity index (χ2v) is 17.5. The predicted octanol–water partition coefficient (Wildman–Crippen LogP) is 5.65. The highest BCUT2D eigenvalue weighted by Gasteiger charge is 2.43. The number of amides is 5. The van der Waals surface area contributed by atoms with Crippen molar-refractivity contribution in [1.82, 2.24) is 10.4 Å². The van der Waals surface area contributed by atoms with E-state index in [2.05, 4.69) is 30.4 Å². The zero-order valence-electron chi connectivity index (χ0n) is 36.6. The minimum Gasteiger partial charge on any atom is -0.481 e. The highest BCUT2D eigenvalue weighted by atomic mass is 31.2. The largest absolute Gasteiger partial charge is 0.481 e. The number of urea groups is 1. The van der Waals surface area contributed by atoms with Gasteiger partial charge in [0.15, 0.2) is 12.4 Å². The van der Waals surface area contributed by atoms with Gasteiger partial charge in [0.2, 0.25) is 5.79 Å². The summed E-state index contributed by atoms with van der Waals surface area (Å²) < 4.78 is 47.7. The number of ether oxygens (including phenoxy) is 4. The van der Waals surface area contributed by atoms with E-state index in [4.69, 9.17) is 45.1 Å². The summed E-state index contributed by atoms with van der Waals surface area (Å²) in [6.07, 6.45) is 8.17. The first-order valence-electron chi connectivity index (χ1n) is 20.1. The maximum absolute atomic E-state index is 14.7. The maximum Gasteiger partial charge on any atom is 0.345 e. The monoisotopic (exact) mass is 923 g/mol. The Morgan fingerprint density at radius 1 is 0.954 bits per heavy atom. The van der Waals surface area contributed by atoms with Crippen molar-refractivity contribution in [3.05, 3.63) is 77.1 Å². The second kappa shape index (κ2) is 20.7. The van der Waals surface area contributed by atoms with Gasteiger partial charge >= 0.3 is 19.6 Å². The zero-order valence-corrected chi connectivity index (χ0v) is 37.5. The van der Waals surface area contributed by atoms with Gasteiger partial charge in [-0.2, -0.15) is 0 Å². The quantitative estimate of drug-likeness (QED) is 0.0676. The minimum atomic E-state index is -4.10. The molecule has 3 heterocycles. The molecular weight excluding hydrogens is 872 g/mol. The number of carbonyl (C=O) groups is 5. The minimum absolute atomic E-state index is 0.0170. The van der Waals surface area contributed by atoms with Crippen molar-refractivity contribution >= 4 is 54.4 Å². The van der Waals surface area contributed by atoms with Gasteiger partial charge < -0.3 is 39.2 Å². The molecule has 1 unspecified atom stereocenters. The number of imide groups is 1. The van der Waals surface area contributed by atoms with E-state index < -0.39 is 49.8 Å². The van der Waals surface area contributed by atoms with Crippen LogP contribution in [-0.4, -0.2) is 103 Å². The number of halogens is 1. The molecule has 3 aliphatic heterocycles. The third-order valence-corrected chi connectivity index (χ3v) is 11.2. The number of terminal acetylenes is 1. The lowest BCUT2D eigenvalue weighted by Gasteiger charge is -2.43. The smallest absolute Gasteiger partial charge is 0.345 e. The maximum atomic E-state index is 14.7. The SMILES string of the molecule is C#CCN1C(=O)COc2cc(F)c(N3C(=O)C4=C(CCCC4)C3=O)cc21.CON(C)C(=O)Nc1ccc(Oc2ccc3c(c2)OC(C)(OC)CC3(C)C)cc1.O=C(O)CNCP(=O)(O)O. The number of hydrogen-bond acceptors (Lipinski definition) is 12. The summed E-state index contributed by atoms with van der Waals surface area (Å²) >= 11 is 0. The first-order chi connectivity index (χ1) is 30.6. The molecule has 21 heteroatoms. The molecule has 0 spiro atoms. The van der Waals surface area contributed by atoms with Gasteiger partial charge in [-0.25, -0.2) is 19.1 Å². The van der Waals surface area contributed by atoms with Crippen LogP contribution in [0, 0.1) is 18.2 Å². The Bertz CT molecular complexity index is 2420. The van der Waals surface area contributed by atoms with E-state index in [1.807, 2.05) is 25.1 Å². The van der Waals surface area contributed by atoms with Crippen LogP contribution in [0.15, 0.2) is 65.7 Å². The number of hydrogen-bond donors (Lipinski definition) is 5. The van der Waals surface area contributed by atoms with Crippen molar-refractivity contribution in [2.24, 2.45) is 0 Å². The Morgan fingerprint density at radius 3 is 2.15 bits per heavy atom. The van der Waals surface area contributed by atoms with Gasteiger partial charge in [-0.3, -0.25) is 38.8 Å². The third kappa shape index (κ3) is 12.3. The lowest BCUT2D eigenvalue weighted by atomic mass is 9.76. The molecule has 0 bridgehead atoms. The lowest BCUT2D eigenvalue weighted by Crippen LogP contribution is -2.45. The summed E-state index contributed by atoms with van der Waals surface area (Å²) in [6, 6.07) is 14.9. The lowest BCUT2D eigenvalue weighted by molar-refractivity contribution is -0.172. The number of aliphatic carboxylic acids is 1. The summed E-state index contributed by atoms with van der Waals surface area (Å²) in [4.78, 5) is 82.4. The van der Waals surface area contributed by atoms with E-state index in [1.54, 1.807) is 31.4 Å². The molecular formula is C44H51FN5O14P. The Kier molecular flexibility index (Phi) is 15.8. The van der Waals surface area contributed by atoms with Crippen LogP contribution in [0.3, 0.4) is 0 Å². The molecule has 1 atom stereocenters. The molecule has 0 saturated carbocycles. The molecule has 5 amide bonds. The number of fused-ring (bicyclic) bond motifs is 2. The first-order valence-corrected chi connectivity index (χ1v) is 21.9. The molecule has 0 fully saturated rings. The van der Waals surface area contributed by atoms with Gasteiger partial charge in [-0.1, -0.05) is 25.8 Å². The molecule has 348 valence electrons. The average molecular weight is 924 g/mol. The van der Waals surface area contributed by atoms with Gasteiger partial charge in [0.1, 0.15) is 23.0 Å². The summed E-state index contributed by atoms with van der Waals surface area (Å²) in [5.74, 6) is 0.652. The van der Waals surface area contributed by atoms with Crippen molar-refractivity contribution < 1.29 is 71.6 Å². The van der Waals surface area contributed by atoms with E-state index >= 15 is 0 Å². The van der Waals surface area contributed by atoms with Crippen LogP contribution in [0.25, 0.3) is 0 Å². The van der Waals surface area contributed by atoms with Crippen molar-refractivity contribution in [2.45, 2.75) is 64.1 Å². The number of carboxylic acid groups (broad SMARTS) is 1.